The summed E-state index contributed by atoms with van der Waals surface area (Å²) < 4.78 is 24.4. The largest absolute Gasteiger partial charge is 0.351 e. The summed E-state index contributed by atoms with van der Waals surface area (Å²) in [6.07, 6.45) is 6.71. The summed E-state index contributed by atoms with van der Waals surface area (Å²) in [4.78, 5) is 18.3. The molecule has 2 heterocycles. The number of nitrogens with zero attached hydrogens (tertiary/aromatic N) is 2. The monoisotopic (exact) mass is 426 g/mol. The molecule has 1 fully saturated rings. The van der Waals surface area contributed by atoms with Gasteiger partial charge in [-0.2, -0.15) is 0 Å². The van der Waals surface area contributed by atoms with Gasteiger partial charge >= 0.3 is 0 Å². The molecule has 0 aliphatic carbocycles. The van der Waals surface area contributed by atoms with Crippen LogP contribution in [0.15, 0.2) is 24.5 Å². The van der Waals surface area contributed by atoms with Crippen molar-refractivity contribution in [1.82, 2.24) is 19.9 Å². The lowest BCUT2D eigenvalue weighted by Crippen LogP contribution is -2.45. The van der Waals surface area contributed by atoms with Crippen LogP contribution < -0.4 is 10.0 Å². The third-order valence-corrected chi connectivity index (χ3v) is 4.84. The number of nitrogens with one attached hydrogen (secondary N) is 2. The fourth-order valence-corrected chi connectivity index (χ4v) is 3.51. The molecule has 7 nitrogen and oxygen atoms in total. The summed E-state index contributed by atoms with van der Waals surface area (Å²) in [6, 6.07) is 4.05. The molecule has 0 aromatic carbocycles. The lowest BCUT2D eigenvalue weighted by atomic mass is 9.98. The average Bonchev–Trinajstić information content (AvgIpc) is 2.87. The van der Waals surface area contributed by atoms with Crippen LogP contribution in [-0.4, -0.2) is 56.1 Å². The molecule has 0 bridgehead atoms. The van der Waals surface area contributed by atoms with Crippen LogP contribution in [0, 0.1) is 5.92 Å². The van der Waals surface area contributed by atoms with Crippen molar-refractivity contribution in [3.8, 4) is 0 Å². The highest BCUT2D eigenvalue weighted by atomic mass is 35.5. The van der Waals surface area contributed by atoms with Crippen LogP contribution in [0.4, 0.5) is 0 Å². The van der Waals surface area contributed by atoms with E-state index in [1.54, 1.807) is 12.4 Å². The third kappa shape index (κ3) is 8.64. The van der Waals surface area contributed by atoms with E-state index in [0.29, 0.717) is 5.92 Å². The van der Waals surface area contributed by atoms with Gasteiger partial charge in [0.25, 0.3) is 0 Å². The Kier molecular flexibility index (Phi) is 11.3. The van der Waals surface area contributed by atoms with E-state index in [-0.39, 0.29) is 43.3 Å². The normalized spacial score (nSPS) is 20.1. The molecule has 10 heteroatoms. The van der Waals surface area contributed by atoms with Crippen molar-refractivity contribution in [1.29, 1.82) is 0 Å². The van der Waals surface area contributed by atoms with Gasteiger partial charge < -0.3 is 5.32 Å². The van der Waals surface area contributed by atoms with Gasteiger partial charge in [-0.1, -0.05) is 13.3 Å². The zero-order valence-corrected chi connectivity index (χ0v) is 17.5. The Hall–Kier alpha value is -0.930. The van der Waals surface area contributed by atoms with Crippen LogP contribution in [0.3, 0.4) is 0 Å². The van der Waals surface area contributed by atoms with Crippen LogP contribution in [0.1, 0.15) is 25.3 Å². The molecule has 26 heavy (non-hydrogen) atoms. The second-order valence-corrected chi connectivity index (χ2v) is 8.20. The fourth-order valence-electron chi connectivity index (χ4n) is 3.12. The number of rotatable bonds is 8. The van der Waals surface area contributed by atoms with Gasteiger partial charge in [-0.3, -0.25) is 14.7 Å². The lowest BCUT2D eigenvalue weighted by molar-refractivity contribution is -0.120. The van der Waals surface area contributed by atoms with E-state index in [1.165, 1.54) is 5.56 Å². The zero-order valence-electron chi connectivity index (χ0n) is 15.1. The van der Waals surface area contributed by atoms with Crippen molar-refractivity contribution in [2.75, 3.05) is 25.9 Å². The number of aromatic nitrogens is 1. The maximum absolute atomic E-state index is 12.0. The number of hydrogen-bond donors (Lipinski definition) is 2. The molecule has 0 unspecified atom stereocenters. The van der Waals surface area contributed by atoms with Crippen molar-refractivity contribution in [2.45, 2.75) is 32.4 Å². The highest BCUT2D eigenvalue weighted by Gasteiger charge is 2.33. The second-order valence-electron chi connectivity index (χ2n) is 6.37. The Bertz CT molecular complexity index is 646. The van der Waals surface area contributed by atoms with E-state index < -0.39 is 10.0 Å². The molecule has 1 aromatic heterocycles. The Morgan fingerprint density at radius 2 is 1.92 bits per heavy atom. The first-order valence-electron chi connectivity index (χ1n) is 8.22. The molecule has 1 amide bonds. The summed E-state index contributed by atoms with van der Waals surface area (Å²) in [5, 5.41) is 2.98. The molecular formula is C16H28Cl2N4O3S. The predicted molar refractivity (Wildman–Crippen MR) is 107 cm³/mol. The van der Waals surface area contributed by atoms with Gasteiger partial charge in [0.1, 0.15) is 0 Å². The van der Waals surface area contributed by atoms with E-state index in [9.17, 15) is 13.2 Å². The SMILES string of the molecule is CCC[C@H]1CN(Cc2ccncc2)C[C@@H]1NC(=O)CNS(C)(=O)=O.Cl.Cl. The minimum absolute atomic E-state index is 0. The highest BCUT2D eigenvalue weighted by Crippen LogP contribution is 2.23. The Balaban J connectivity index is 0.00000312. The van der Waals surface area contributed by atoms with Gasteiger partial charge in [0.2, 0.25) is 15.9 Å². The molecule has 2 atom stereocenters. The van der Waals surface area contributed by atoms with Crippen molar-refractivity contribution in [2.24, 2.45) is 5.92 Å². The smallest absolute Gasteiger partial charge is 0.235 e. The van der Waals surface area contributed by atoms with Gasteiger partial charge in [0.15, 0.2) is 0 Å². The molecule has 2 rings (SSSR count). The van der Waals surface area contributed by atoms with E-state index in [0.717, 1.165) is 38.7 Å². The Labute approximate surface area is 168 Å². The topological polar surface area (TPSA) is 91.4 Å². The van der Waals surface area contributed by atoms with Crippen LogP contribution >= 0.6 is 24.8 Å². The van der Waals surface area contributed by atoms with Gasteiger partial charge in [0, 0.05) is 38.1 Å². The van der Waals surface area contributed by atoms with Gasteiger partial charge in [-0.25, -0.2) is 13.1 Å². The van der Waals surface area contributed by atoms with E-state index in [1.807, 2.05) is 12.1 Å². The summed E-state index contributed by atoms with van der Waals surface area (Å²) in [5.41, 5.74) is 1.20. The van der Waals surface area contributed by atoms with Crippen LogP contribution in [0.2, 0.25) is 0 Å². The number of sulfonamides is 1. The second kappa shape index (κ2) is 11.7. The maximum atomic E-state index is 12.0. The highest BCUT2D eigenvalue weighted by molar-refractivity contribution is 7.88. The maximum Gasteiger partial charge on any atom is 0.235 e. The first-order chi connectivity index (χ1) is 11.4. The van der Waals surface area contributed by atoms with Crippen molar-refractivity contribution < 1.29 is 13.2 Å². The Morgan fingerprint density at radius 3 is 2.50 bits per heavy atom. The summed E-state index contributed by atoms with van der Waals surface area (Å²) in [5.74, 6) is 0.108. The number of carbonyl (C=O) groups is 1. The number of likely N-dealkylation sites (tertiary alicyclic amines) is 1. The summed E-state index contributed by atoms with van der Waals surface area (Å²) in [6.45, 7) is 4.46. The van der Waals surface area contributed by atoms with Gasteiger partial charge in [-0.15, -0.1) is 24.8 Å². The quantitative estimate of drug-likeness (QED) is 0.651. The number of hydrogen-bond acceptors (Lipinski definition) is 5. The molecule has 1 saturated heterocycles. The number of halogens is 2. The molecule has 0 radical (unpaired) electrons. The third-order valence-electron chi connectivity index (χ3n) is 4.17. The van der Waals surface area contributed by atoms with Crippen molar-refractivity contribution in [3.63, 3.8) is 0 Å². The summed E-state index contributed by atoms with van der Waals surface area (Å²) >= 11 is 0. The van der Waals surface area contributed by atoms with E-state index in [4.69, 9.17) is 0 Å². The molecular weight excluding hydrogens is 399 g/mol. The summed E-state index contributed by atoms with van der Waals surface area (Å²) in [7, 11) is -3.36. The number of carbonyl (C=O) groups excluding carboxylic acids is 1. The first-order valence-corrected chi connectivity index (χ1v) is 10.1. The molecule has 150 valence electrons. The lowest BCUT2D eigenvalue weighted by Gasteiger charge is -2.19. The fraction of sp³-hybridized carbons (Fsp3) is 0.625. The van der Waals surface area contributed by atoms with Gasteiger partial charge in [-0.05, 0) is 30.0 Å². The van der Waals surface area contributed by atoms with Crippen molar-refractivity contribution >= 4 is 40.7 Å². The number of pyridine rings is 1. The van der Waals surface area contributed by atoms with Crippen LogP contribution in [0.5, 0.6) is 0 Å². The van der Waals surface area contributed by atoms with E-state index in [2.05, 4.69) is 26.8 Å². The first kappa shape index (κ1) is 25.1. The van der Waals surface area contributed by atoms with Crippen LogP contribution in [0.25, 0.3) is 0 Å². The molecule has 1 aliphatic rings. The predicted octanol–water partition coefficient (Wildman–Crippen LogP) is 1.19. The van der Waals surface area contributed by atoms with Crippen molar-refractivity contribution in [3.05, 3.63) is 30.1 Å². The van der Waals surface area contributed by atoms with Crippen LogP contribution in [-0.2, 0) is 21.4 Å². The molecule has 0 saturated carbocycles. The standard InChI is InChI=1S/C16H26N4O3S.2ClH/c1-3-4-14-11-20(10-13-5-7-17-8-6-13)12-15(14)19-16(21)9-18-24(2,22)23;;/h5-8,14-15,18H,3-4,9-12H2,1-2H3,(H,19,21);2*1H/t14-,15-;;/m0../s1. The van der Waals surface area contributed by atoms with Gasteiger partial charge in [0.05, 0.1) is 12.8 Å². The van der Waals surface area contributed by atoms with E-state index >= 15 is 0 Å². The molecule has 1 aromatic rings. The zero-order chi connectivity index (χ0) is 17.6. The Morgan fingerprint density at radius 1 is 1.27 bits per heavy atom. The molecule has 0 spiro atoms. The molecule has 1 aliphatic heterocycles. The average molecular weight is 427 g/mol. The molecule has 2 N–H and O–H groups in total. The number of amides is 1. The minimum Gasteiger partial charge on any atom is -0.351 e. The minimum atomic E-state index is -3.36.